The summed E-state index contributed by atoms with van der Waals surface area (Å²) in [4.78, 5) is 22.7. The number of hydrogen-bond donors (Lipinski definition) is 1. The quantitative estimate of drug-likeness (QED) is 0.898. The summed E-state index contributed by atoms with van der Waals surface area (Å²) in [6, 6.07) is 0. The van der Waals surface area contributed by atoms with E-state index in [1.54, 1.807) is 11.7 Å². The molecule has 1 N–H and O–H groups in total. The number of rotatable bonds is 3. The molecule has 8 heteroatoms. The van der Waals surface area contributed by atoms with Crippen LogP contribution in [0.15, 0.2) is 9.57 Å². The largest absolute Gasteiger partial charge is 0.477 e. The minimum Gasteiger partial charge on any atom is -0.477 e. The van der Waals surface area contributed by atoms with E-state index in [1.807, 2.05) is 6.92 Å². The zero-order valence-corrected chi connectivity index (χ0v) is 12.1. The van der Waals surface area contributed by atoms with Gasteiger partial charge in [-0.3, -0.25) is 9.48 Å². The topological polar surface area (TPSA) is 87.8 Å². The number of nitrogens with zero attached hydrogens (tertiary/aromatic N) is 4. The molecule has 0 bridgehead atoms. The monoisotopic (exact) mass is 328 g/mol. The second-order valence-electron chi connectivity index (χ2n) is 4.27. The van der Waals surface area contributed by atoms with Gasteiger partial charge in [0.1, 0.15) is 5.71 Å². The number of aryl methyl sites for hydroxylation is 2. The van der Waals surface area contributed by atoms with Crippen LogP contribution in [-0.2, 0) is 23.2 Å². The lowest BCUT2D eigenvalue weighted by molar-refractivity contribution is -0.133. The summed E-state index contributed by atoms with van der Waals surface area (Å²) >= 11 is 3.41. The van der Waals surface area contributed by atoms with Crippen LogP contribution in [0.1, 0.15) is 24.2 Å². The average Bonchev–Trinajstić information content (AvgIpc) is 2.58. The summed E-state index contributed by atoms with van der Waals surface area (Å²) < 4.78 is 2.46. The van der Waals surface area contributed by atoms with Crippen molar-refractivity contribution in [2.75, 3.05) is 0 Å². The third kappa shape index (κ3) is 2.67. The maximum Gasteiger partial charge on any atom is 0.352 e. The standard InChI is InChI=1S/C11H13BrN4O3/c1-6-10(12)8(15(2)13-6)5-16-9(17)4-3-7(14-16)11(18)19/h3-5H2,1-2H3,(H,18,19). The van der Waals surface area contributed by atoms with Crippen molar-refractivity contribution in [2.45, 2.75) is 26.3 Å². The molecule has 7 nitrogen and oxygen atoms in total. The fourth-order valence-corrected chi connectivity index (χ4v) is 2.33. The zero-order chi connectivity index (χ0) is 14.2. The molecule has 1 aliphatic heterocycles. The number of halogens is 1. The van der Waals surface area contributed by atoms with Crippen LogP contribution < -0.4 is 0 Å². The van der Waals surface area contributed by atoms with Gasteiger partial charge in [0.25, 0.3) is 0 Å². The van der Waals surface area contributed by atoms with Crippen LogP contribution in [-0.4, -0.2) is 37.5 Å². The van der Waals surface area contributed by atoms with E-state index in [-0.39, 0.29) is 31.0 Å². The highest BCUT2D eigenvalue weighted by Gasteiger charge is 2.26. The van der Waals surface area contributed by atoms with Crippen LogP contribution in [0, 0.1) is 6.92 Å². The van der Waals surface area contributed by atoms with Crippen molar-refractivity contribution in [3.8, 4) is 0 Å². The lowest BCUT2D eigenvalue weighted by Gasteiger charge is -2.22. The number of hydrazone groups is 1. The maximum absolute atomic E-state index is 11.8. The lowest BCUT2D eigenvalue weighted by Crippen LogP contribution is -2.34. The van der Waals surface area contributed by atoms with Gasteiger partial charge < -0.3 is 5.11 Å². The Morgan fingerprint density at radius 2 is 2.16 bits per heavy atom. The Balaban J connectivity index is 2.28. The molecule has 0 spiro atoms. The summed E-state index contributed by atoms with van der Waals surface area (Å²) in [7, 11) is 1.77. The fourth-order valence-electron chi connectivity index (χ4n) is 1.87. The van der Waals surface area contributed by atoms with Gasteiger partial charge in [-0.1, -0.05) is 0 Å². The molecule has 1 aliphatic rings. The van der Waals surface area contributed by atoms with Crippen LogP contribution in [0.3, 0.4) is 0 Å². The van der Waals surface area contributed by atoms with Gasteiger partial charge in [0.05, 0.1) is 22.4 Å². The molecule has 0 atom stereocenters. The van der Waals surface area contributed by atoms with Crippen molar-refractivity contribution >= 4 is 33.5 Å². The molecule has 0 aliphatic carbocycles. The Kier molecular flexibility index (Phi) is 3.70. The minimum absolute atomic E-state index is 0.00890. The van der Waals surface area contributed by atoms with Gasteiger partial charge in [-0.25, -0.2) is 9.80 Å². The first-order valence-electron chi connectivity index (χ1n) is 5.69. The van der Waals surface area contributed by atoms with Crippen molar-refractivity contribution in [1.82, 2.24) is 14.8 Å². The third-order valence-electron chi connectivity index (χ3n) is 2.91. The van der Waals surface area contributed by atoms with Crippen molar-refractivity contribution in [3.63, 3.8) is 0 Å². The molecule has 0 unspecified atom stereocenters. The normalized spacial score (nSPS) is 15.6. The summed E-state index contributed by atoms with van der Waals surface area (Å²) in [5, 5.41) is 18.2. The summed E-state index contributed by atoms with van der Waals surface area (Å²) in [6.45, 7) is 2.05. The molecule has 0 aromatic carbocycles. The van der Waals surface area contributed by atoms with Crippen molar-refractivity contribution in [3.05, 3.63) is 15.9 Å². The number of aromatic nitrogens is 2. The van der Waals surface area contributed by atoms with E-state index in [0.29, 0.717) is 0 Å². The molecular formula is C11H13BrN4O3. The fraction of sp³-hybridized carbons (Fsp3) is 0.455. The van der Waals surface area contributed by atoms with Crippen LogP contribution in [0.5, 0.6) is 0 Å². The lowest BCUT2D eigenvalue weighted by atomic mass is 10.1. The van der Waals surface area contributed by atoms with Gasteiger partial charge in [-0.15, -0.1) is 0 Å². The van der Waals surface area contributed by atoms with Gasteiger partial charge >= 0.3 is 5.97 Å². The summed E-state index contributed by atoms with van der Waals surface area (Å²) in [5.41, 5.74) is 1.60. The van der Waals surface area contributed by atoms with Gasteiger partial charge in [0, 0.05) is 19.9 Å². The predicted molar refractivity (Wildman–Crippen MR) is 70.5 cm³/mol. The van der Waals surface area contributed by atoms with E-state index in [4.69, 9.17) is 5.11 Å². The van der Waals surface area contributed by atoms with Crippen LogP contribution in [0.25, 0.3) is 0 Å². The molecule has 0 saturated carbocycles. The number of carbonyl (C=O) groups is 2. The van der Waals surface area contributed by atoms with Crippen molar-refractivity contribution in [1.29, 1.82) is 0 Å². The Bertz CT molecular complexity index is 579. The molecule has 0 fully saturated rings. The number of aliphatic carboxylic acids is 1. The number of carboxylic acids is 1. The first kappa shape index (κ1) is 13.7. The van der Waals surface area contributed by atoms with Crippen molar-refractivity contribution < 1.29 is 14.7 Å². The van der Waals surface area contributed by atoms with Gasteiger partial charge in [0.2, 0.25) is 5.91 Å². The van der Waals surface area contributed by atoms with E-state index < -0.39 is 5.97 Å². The first-order chi connectivity index (χ1) is 8.90. The van der Waals surface area contributed by atoms with E-state index in [0.717, 1.165) is 15.9 Å². The molecule has 0 radical (unpaired) electrons. The Labute approximate surface area is 118 Å². The first-order valence-corrected chi connectivity index (χ1v) is 6.48. The van der Waals surface area contributed by atoms with E-state index in [1.165, 1.54) is 5.01 Å². The highest BCUT2D eigenvalue weighted by Crippen LogP contribution is 2.23. The Hall–Kier alpha value is -1.70. The molecule has 1 aromatic rings. The SMILES string of the molecule is Cc1nn(C)c(CN2N=C(C(=O)O)CCC2=O)c1Br. The Morgan fingerprint density at radius 1 is 1.47 bits per heavy atom. The van der Waals surface area contributed by atoms with E-state index in [2.05, 4.69) is 26.1 Å². The molecule has 19 heavy (non-hydrogen) atoms. The number of amides is 1. The molecule has 0 saturated heterocycles. The number of carbonyl (C=O) groups excluding carboxylic acids is 1. The molecule has 1 aromatic heterocycles. The number of hydrogen-bond acceptors (Lipinski definition) is 4. The van der Waals surface area contributed by atoms with E-state index in [9.17, 15) is 9.59 Å². The predicted octanol–water partition coefficient (Wildman–Crippen LogP) is 1.05. The molecule has 102 valence electrons. The second-order valence-corrected chi connectivity index (χ2v) is 5.07. The second kappa shape index (κ2) is 5.12. The van der Waals surface area contributed by atoms with Crippen LogP contribution in [0.4, 0.5) is 0 Å². The minimum atomic E-state index is -1.09. The van der Waals surface area contributed by atoms with Gasteiger partial charge in [-0.05, 0) is 22.9 Å². The van der Waals surface area contributed by atoms with Crippen molar-refractivity contribution in [2.24, 2.45) is 12.1 Å². The van der Waals surface area contributed by atoms with E-state index >= 15 is 0 Å². The molecule has 2 heterocycles. The molecule has 2 rings (SSSR count). The number of carboxylic acid groups (broad SMARTS) is 1. The third-order valence-corrected chi connectivity index (χ3v) is 3.94. The Morgan fingerprint density at radius 3 is 2.68 bits per heavy atom. The van der Waals surface area contributed by atoms with Gasteiger partial charge in [-0.2, -0.15) is 10.2 Å². The highest BCUT2D eigenvalue weighted by molar-refractivity contribution is 9.10. The molecular weight excluding hydrogens is 316 g/mol. The smallest absolute Gasteiger partial charge is 0.352 e. The van der Waals surface area contributed by atoms with Crippen LogP contribution >= 0.6 is 15.9 Å². The maximum atomic E-state index is 11.8. The summed E-state index contributed by atoms with van der Waals surface area (Å²) in [5.74, 6) is -1.27. The van der Waals surface area contributed by atoms with Gasteiger partial charge in [0.15, 0.2) is 0 Å². The zero-order valence-electron chi connectivity index (χ0n) is 10.6. The average molecular weight is 329 g/mol. The summed E-state index contributed by atoms with van der Waals surface area (Å²) in [6.07, 6.45) is 0.343. The van der Waals surface area contributed by atoms with Crippen LogP contribution in [0.2, 0.25) is 0 Å². The highest BCUT2D eigenvalue weighted by atomic mass is 79.9. The molecule has 1 amide bonds.